The molecule has 8 heteroatoms. The van der Waals surface area contributed by atoms with Crippen molar-refractivity contribution in [2.45, 2.75) is 43.0 Å². The maximum Gasteiger partial charge on any atom is 0.327 e. The Morgan fingerprint density at radius 2 is 1.92 bits per heavy atom. The van der Waals surface area contributed by atoms with Gasteiger partial charge in [-0.05, 0) is 32.4 Å². The SMILES string of the molecule is Cc1ccc(/C=C/NC(=O)NC2C(=O)N3C2SC(C)(C)[C@@H]3C(=O)O)cc1. The van der Waals surface area contributed by atoms with Gasteiger partial charge < -0.3 is 20.6 Å². The lowest BCUT2D eigenvalue weighted by atomic mass is 9.96. The highest BCUT2D eigenvalue weighted by Gasteiger charge is 2.64. The summed E-state index contributed by atoms with van der Waals surface area (Å²) in [6.45, 7) is 5.59. The van der Waals surface area contributed by atoms with Crippen LogP contribution in [0.5, 0.6) is 0 Å². The number of fused-ring (bicyclic) bond motifs is 1. The largest absolute Gasteiger partial charge is 0.480 e. The van der Waals surface area contributed by atoms with E-state index in [9.17, 15) is 19.5 Å². The van der Waals surface area contributed by atoms with Crippen molar-refractivity contribution >= 4 is 35.7 Å². The predicted molar refractivity (Wildman–Crippen MR) is 99.4 cm³/mol. The number of nitrogens with zero attached hydrogens (tertiary/aromatic N) is 1. The molecule has 0 bridgehead atoms. The molecule has 0 radical (unpaired) electrons. The number of carbonyl (C=O) groups excluding carboxylic acids is 2. The van der Waals surface area contributed by atoms with Gasteiger partial charge in [-0.25, -0.2) is 9.59 Å². The first-order chi connectivity index (χ1) is 12.2. The van der Waals surface area contributed by atoms with Gasteiger partial charge in [-0.1, -0.05) is 29.8 Å². The third-order valence-corrected chi connectivity index (χ3v) is 6.10. The van der Waals surface area contributed by atoms with Gasteiger partial charge in [-0.15, -0.1) is 11.8 Å². The Hall–Kier alpha value is -2.48. The van der Waals surface area contributed by atoms with E-state index in [1.165, 1.54) is 22.9 Å². The first-order valence-electron chi connectivity index (χ1n) is 8.24. The Balaban J connectivity index is 1.57. The predicted octanol–water partition coefficient (Wildman–Crippen LogP) is 1.78. The lowest BCUT2D eigenvalue weighted by Crippen LogP contribution is -2.71. The van der Waals surface area contributed by atoms with Gasteiger partial charge in [0.05, 0.1) is 0 Å². The van der Waals surface area contributed by atoms with Gasteiger partial charge in [0, 0.05) is 10.9 Å². The van der Waals surface area contributed by atoms with Gasteiger partial charge in [0.15, 0.2) is 0 Å². The minimum atomic E-state index is -1.03. The average molecular weight is 375 g/mol. The third-order valence-electron chi connectivity index (χ3n) is 4.53. The Labute approximate surface area is 155 Å². The minimum absolute atomic E-state index is 0.356. The molecule has 2 unspecified atom stereocenters. The summed E-state index contributed by atoms with van der Waals surface area (Å²) < 4.78 is -0.607. The molecule has 7 nitrogen and oxygen atoms in total. The molecule has 2 aliphatic rings. The number of amides is 3. The quantitative estimate of drug-likeness (QED) is 0.697. The summed E-state index contributed by atoms with van der Waals surface area (Å²) in [5.74, 6) is -1.39. The zero-order chi connectivity index (χ0) is 19.1. The van der Waals surface area contributed by atoms with Crippen molar-refractivity contribution < 1.29 is 19.5 Å². The summed E-state index contributed by atoms with van der Waals surface area (Å²) in [7, 11) is 0. The van der Waals surface area contributed by atoms with E-state index in [0.29, 0.717) is 0 Å². The molecule has 2 heterocycles. The number of hydrogen-bond acceptors (Lipinski definition) is 4. The van der Waals surface area contributed by atoms with Gasteiger partial charge >= 0.3 is 12.0 Å². The second-order valence-corrected chi connectivity index (χ2v) is 8.71. The summed E-state index contributed by atoms with van der Waals surface area (Å²) >= 11 is 1.39. The van der Waals surface area contributed by atoms with Crippen LogP contribution in [0, 0.1) is 6.92 Å². The van der Waals surface area contributed by atoms with Crippen LogP contribution in [-0.4, -0.2) is 50.1 Å². The number of hydrogen-bond donors (Lipinski definition) is 3. The number of carboxylic acids is 1. The first-order valence-corrected chi connectivity index (χ1v) is 9.12. The molecule has 2 aliphatic heterocycles. The zero-order valence-corrected chi connectivity index (χ0v) is 15.5. The number of carbonyl (C=O) groups is 3. The van der Waals surface area contributed by atoms with E-state index < -0.39 is 28.8 Å². The van der Waals surface area contributed by atoms with Crippen molar-refractivity contribution in [3.8, 4) is 0 Å². The van der Waals surface area contributed by atoms with Crippen LogP contribution >= 0.6 is 11.8 Å². The van der Waals surface area contributed by atoms with Crippen LogP contribution in [0.4, 0.5) is 4.79 Å². The highest BCUT2D eigenvalue weighted by Crippen LogP contribution is 2.50. The summed E-state index contributed by atoms with van der Waals surface area (Å²) in [4.78, 5) is 37.1. The van der Waals surface area contributed by atoms with Crippen molar-refractivity contribution in [3.63, 3.8) is 0 Å². The molecular weight excluding hydrogens is 354 g/mol. The molecule has 1 aromatic carbocycles. The Kier molecular flexibility index (Phi) is 4.70. The fraction of sp³-hybridized carbons (Fsp3) is 0.389. The van der Waals surface area contributed by atoms with E-state index in [4.69, 9.17) is 0 Å². The van der Waals surface area contributed by atoms with Crippen LogP contribution in [0.2, 0.25) is 0 Å². The number of carboxylic acid groups (broad SMARTS) is 1. The van der Waals surface area contributed by atoms with Crippen molar-refractivity contribution in [1.29, 1.82) is 0 Å². The van der Waals surface area contributed by atoms with Crippen LogP contribution in [-0.2, 0) is 9.59 Å². The molecule has 0 spiro atoms. The van der Waals surface area contributed by atoms with Crippen molar-refractivity contribution in [2.75, 3.05) is 0 Å². The van der Waals surface area contributed by atoms with Crippen LogP contribution in [0.3, 0.4) is 0 Å². The summed E-state index contributed by atoms with van der Waals surface area (Å²) in [6.07, 6.45) is 3.26. The minimum Gasteiger partial charge on any atom is -0.480 e. The molecule has 3 atom stereocenters. The molecule has 3 rings (SSSR count). The molecule has 1 aromatic rings. The highest BCUT2D eigenvalue weighted by atomic mass is 32.2. The summed E-state index contributed by atoms with van der Waals surface area (Å²) in [6, 6.07) is 5.72. The molecular formula is C18H21N3O4S. The molecule has 0 aromatic heterocycles. The fourth-order valence-corrected chi connectivity index (χ4v) is 4.84. The monoisotopic (exact) mass is 375 g/mol. The molecule has 2 fully saturated rings. The number of β-lactam (4-membered cyclic amide) rings is 1. The molecule has 138 valence electrons. The second-order valence-electron chi connectivity index (χ2n) is 6.94. The van der Waals surface area contributed by atoms with E-state index in [-0.39, 0.29) is 11.3 Å². The molecule has 3 N–H and O–H groups in total. The Morgan fingerprint density at radius 1 is 1.27 bits per heavy atom. The fourth-order valence-electron chi connectivity index (χ4n) is 3.22. The Bertz CT molecular complexity index is 775. The smallest absolute Gasteiger partial charge is 0.327 e. The van der Waals surface area contributed by atoms with E-state index in [1.54, 1.807) is 19.9 Å². The number of thioether (sulfide) groups is 1. The number of urea groups is 1. The first kappa shape index (κ1) is 18.3. The van der Waals surface area contributed by atoms with Gasteiger partial charge in [0.1, 0.15) is 17.5 Å². The summed E-state index contributed by atoms with van der Waals surface area (Å²) in [5.41, 5.74) is 2.09. The van der Waals surface area contributed by atoms with E-state index in [2.05, 4.69) is 10.6 Å². The number of rotatable bonds is 4. The van der Waals surface area contributed by atoms with Crippen LogP contribution in [0.15, 0.2) is 30.5 Å². The van der Waals surface area contributed by atoms with Crippen LogP contribution in [0.1, 0.15) is 25.0 Å². The number of aryl methyl sites for hydroxylation is 1. The lowest BCUT2D eigenvalue weighted by molar-refractivity contribution is -0.159. The lowest BCUT2D eigenvalue weighted by Gasteiger charge is -2.43. The molecule has 2 saturated heterocycles. The second kappa shape index (κ2) is 6.68. The molecule has 3 amide bonds. The van der Waals surface area contributed by atoms with Gasteiger partial charge in [0.25, 0.3) is 0 Å². The van der Waals surface area contributed by atoms with Gasteiger partial charge in [-0.3, -0.25) is 4.79 Å². The number of aliphatic carboxylic acids is 1. The van der Waals surface area contributed by atoms with E-state index in [0.717, 1.165) is 11.1 Å². The van der Waals surface area contributed by atoms with Crippen LogP contribution < -0.4 is 10.6 Å². The van der Waals surface area contributed by atoms with E-state index >= 15 is 0 Å². The average Bonchev–Trinajstić information content (AvgIpc) is 2.83. The number of nitrogens with one attached hydrogen (secondary N) is 2. The molecule has 0 aliphatic carbocycles. The van der Waals surface area contributed by atoms with Crippen molar-refractivity contribution in [1.82, 2.24) is 15.5 Å². The number of benzene rings is 1. The van der Waals surface area contributed by atoms with E-state index in [1.807, 2.05) is 31.2 Å². The maximum atomic E-state index is 12.3. The van der Waals surface area contributed by atoms with Crippen molar-refractivity contribution in [3.05, 3.63) is 41.6 Å². The van der Waals surface area contributed by atoms with Crippen molar-refractivity contribution in [2.24, 2.45) is 0 Å². The molecule has 26 heavy (non-hydrogen) atoms. The zero-order valence-electron chi connectivity index (χ0n) is 14.7. The molecule has 0 saturated carbocycles. The normalized spacial score (nSPS) is 26.3. The van der Waals surface area contributed by atoms with Gasteiger partial charge in [-0.2, -0.15) is 0 Å². The highest BCUT2D eigenvalue weighted by molar-refractivity contribution is 8.01. The maximum absolute atomic E-state index is 12.3. The van der Waals surface area contributed by atoms with Gasteiger partial charge in [0.2, 0.25) is 5.91 Å². The third kappa shape index (κ3) is 3.29. The van der Waals surface area contributed by atoms with Crippen LogP contribution in [0.25, 0.3) is 6.08 Å². The standard InChI is InChI=1S/C18H21N3O4S/c1-10-4-6-11(7-5-10)8-9-19-17(25)20-12-14(22)21-13(16(23)24)18(2,3)26-15(12)21/h4-9,12-13,15H,1-3H3,(H,23,24)(H2,19,20,25)/b9-8+/t12?,13-,15?/m0/s1. The Morgan fingerprint density at radius 3 is 2.54 bits per heavy atom. The topological polar surface area (TPSA) is 98.7 Å². The summed E-state index contributed by atoms with van der Waals surface area (Å²) in [5, 5.41) is 14.2.